The lowest BCUT2D eigenvalue weighted by molar-refractivity contribution is -0.132. The van der Waals surface area contributed by atoms with Crippen LogP contribution in [0.3, 0.4) is 0 Å². The predicted octanol–water partition coefficient (Wildman–Crippen LogP) is 2.49. The fourth-order valence-electron chi connectivity index (χ4n) is 2.15. The highest BCUT2D eigenvalue weighted by Gasteiger charge is 2.34. The molecule has 16 heavy (non-hydrogen) atoms. The molecular formula is C14H19NO. The van der Waals surface area contributed by atoms with Crippen molar-refractivity contribution in [2.45, 2.75) is 32.9 Å². The number of ketones is 1. The van der Waals surface area contributed by atoms with Crippen LogP contribution in [0.15, 0.2) is 30.3 Å². The van der Waals surface area contributed by atoms with Gasteiger partial charge in [-0.05, 0) is 12.0 Å². The summed E-state index contributed by atoms with van der Waals surface area (Å²) < 4.78 is 0. The summed E-state index contributed by atoms with van der Waals surface area (Å²) in [5.41, 5.74) is 1.30. The van der Waals surface area contributed by atoms with E-state index in [0.29, 0.717) is 5.78 Å². The van der Waals surface area contributed by atoms with Crippen LogP contribution >= 0.6 is 0 Å². The number of benzene rings is 1. The van der Waals surface area contributed by atoms with Gasteiger partial charge in [0.15, 0.2) is 5.78 Å². The summed E-state index contributed by atoms with van der Waals surface area (Å²) in [6.45, 7) is 5.94. The van der Waals surface area contributed by atoms with E-state index in [1.54, 1.807) is 0 Å². The van der Waals surface area contributed by atoms with Gasteiger partial charge in [-0.2, -0.15) is 0 Å². The van der Waals surface area contributed by atoms with Gasteiger partial charge in [-0.15, -0.1) is 0 Å². The van der Waals surface area contributed by atoms with E-state index in [2.05, 4.69) is 17.0 Å². The third-order valence-electron chi connectivity index (χ3n) is 3.26. The maximum Gasteiger partial charge on any atom is 0.152 e. The van der Waals surface area contributed by atoms with E-state index < -0.39 is 0 Å². The van der Waals surface area contributed by atoms with Crippen molar-refractivity contribution in [1.29, 1.82) is 0 Å². The Hall–Kier alpha value is -1.15. The average Bonchev–Trinajstić information content (AvgIpc) is 2.26. The number of rotatable bonds is 4. The second-order valence-corrected chi connectivity index (χ2v) is 4.82. The fourth-order valence-corrected chi connectivity index (χ4v) is 2.15. The monoisotopic (exact) mass is 217 g/mol. The van der Waals surface area contributed by atoms with Crippen LogP contribution < -0.4 is 0 Å². The normalized spacial score (nSPS) is 20.8. The Bertz CT molecular complexity index is 358. The van der Waals surface area contributed by atoms with Crippen LogP contribution in [0.2, 0.25) is 0 Å². The van der Waals surface area contributed by atoms with E-state index >= 15 is 0 Å². The van der Waals surface area contributed by atoms with Gasteiger partial charge in [0.1, 0.15) is 0 Å². The Morgan fingerprint density at radius 1 is 1.38 bits per heavy atom. The van der Waals surface area contributed by atoms with Gasteiger partial charge >= 0.3 is 0 Å². The van der Waals surface area contributed by atoms with E-state index in [4.69, 9.17) is 0 Å². The zero-order valence-corrected chi connectivity index (χ0v) is 10.0. The Morgan fingerprint density at radius 3 is 2.56 bits per heavy atom. The molecule has 1 aromatic carbocycles. The molecule has 0 saturated carbocycles. The van der Waals surface area contributed by atoms with Crippen molar-refractivity contribution in [3.05, 3.63) is 35.9 Å². The zero-order chi connectivity index (χ0) is 11.5. The Morgan fingerprint density at radius 2 is 2.06 bits per heavy atom. The standard InChI is InChI=1S/C14H19NO/c1-11(2)14(16)13-8-9-15(13)10-12-6-4-3-5-7-12/h3-7,11,13H,8-10H2,1-2H3. The molecule has 86 valence electrons. The first kappa shape index (κ1) is 11.3. The number of likely N-dealkylation sites (tertiary alicyclic amines) is 1. The molecule has 1 aliphatic heterocycles. The first-order valence-electron chi connectivity index (χ1n) is 6.00. The van der Waals surface area contributed by atoms with Gasteiger partial charge in [-0.3, -0.25) is 9.69 Å². The van der Waals surface area contributed by atoms with Gasteiger partial charge in [0, 0.05) is 19.0 Å². The number of hydrogen-bond acceptors (Lipinski definition) is 2. The summed E-state index contributed by atoms with van der Waals surface area (Å²) in [6.07, 6.45) is 1.03. The van der Waals surface area contributed by atoms with E-state index in [-0.39, 0.29) is 12.0 Å². The maximum atomic E-state index is 11.9. The van der Waals surface area contributed by atoms with Gasteiger partial charge < -0.3 is 0 Å². The van der Waals surface area contributed by atoms with Crippen molar-refractivity contribution in [3.8, 4) is 0 Å². The molecule has 1 aromatic rings. The number of Topliss-reactive ketones (excluding diaryl/α,β-unsaturated/α-hetero) is 1. The summed E-state index contributed by atoms with van der Waals surface area (Å²) in [6, 6.07) is 10.5. The summed E-state index contributed by atoms with van der Waals surface area (Å²) in [7, 11) is 0. The highest BCUT2D eigenvalue weighted by atomic mass is 16.1. The summed E-state index contributed by atoms with van der Waals surface area (Å²) in [5, 5.41) is 0. The lowest BCUT2D eigenvalue weighted by Gasteiger charge is -2.40. The summed E-state index contributed by atoms with van der Waals surface area (Å²) in [4.78, 5) is 14.2. The van der Waals surface area contributed by atoms with Crippen molar-refractivity contribution in [3.63, 3.8) is 0 Å². The lowest BCUT2D eigenvalue weighted by Crippen LogP contribution is -2.52. The fraction of sp³-hybridized carbons (Fsp3) is 0.500. The van der Waals surface area contributed by atoms with Crippen LogP contribution in [0.4, 0.5) is 0 Å². The molecule has 1 heterocycles. The molecule has 1 aliphatic rings. The number of hydrogen-bond donors (Lipinski definition) is 0. The Balaban J connectivity index is 1.95. The highest BCUT2D eigenvalue weighted by Crippen LogP contribution is 2.23. The van der Waals surface area contributed by atoms with Crippen LogP contribution in [-0.4, -0.2) is 23.3 Å². The Labute approximate surface area is 97.3 Å². The minimum absolute atomic E-state index is 0.156. The van der Waals surface area contributed by atoms with Crippen molar-refractivity contribution in [2.75, 3.05) is 6.54 Å². The first-order chi connectivity index (χ1) is 7.68. The molecule has 1 atom stereocenters. The van der Waals surface area contributed by atoms with E-state index in [1.165, 1.54) is 5.56 Å². The summed E-state index contributed by atoms with van der Waals surface area (Å²) >= 11 is 0. The molecule has 2 nitrogen and oxygen atoms in total. The smallest absolute Gasteiger partial charge is 0.152 e. The minimum atomic E-state index is 0.156. The van der Waals surface area contributed by atoms with Gasteiger partial charge in [-0.25, -0.2) is 0 Å². The van der Waals surface area contributed by atoms with E-state index in [9.17, 15) is 4.79 Å². The predicted molar refractivity (Wildman–Crippen MR) is 65.1 cm³/mol. The second kappa shape index (κ2) is 4.79. The van der Waals surface area contributed by atoms with Crippen molar-refractivity contribution >= 4 is 5.78 Å². The molecule has 0 bridgehead atoms. The van der Waals surface area contributed by atoms with Crippen molar-refractivity contribution < 1.29 is 4.79 Å². The minimum Gasteiger partial charge on any atom is -0.298 e. The van der Waals surface area contributed by atoms with Gasteiger partial charge in [0.05, 0.1) is 6.04 Å². The van der Waals surface area contributed by atoms with Gasteiger partial charge in [-0.1, -0.05) is 44.2 Å². The SMILES string of the molecule is CC(C)C(=O)C1CCN1Cc1ccccc1. The van der Waals surface area contributed by atoms with Crippen LogP contribution in [0, 0.1) is 5.92 Å². The zero-order valence-electron chi connectivity index (χ0n) is 10.0. The quantitative estimate of drug-likeness (QED) is 0.772. The van der Waals surface area contributed by atoms with Crippen LogP contribution in [0.5, 0.6) is 0 Å². The number of carbonyl (C=O) groups excluding carboxylic acids is 1. The molecule has 2 heteroatoms. The number of carbonyl (C=O) groups is 1. The van der Waals surface area contributed by atoms with E-state index in [0.717, 1.165) is 19.5 Å². The van der Waals surface area contributed by atoms with Crippen molar-refractivity contribution in [1.82, 2.24) is 4.90 Å². The molecule has 0 amide bonds. The van der Waals surface area contributed by atoms with Crippen LogP contribution in [-0.2, 0) is 11.3 Å². The van der Waals surface area contributed by atoms with Gasteiger partial charge in [0.25, 0.3) is 0 Å². The molecule has 2 rings (SSSR count). The largest absolute Gasteiger partial charge is 0.298 e. The highest BCUT2D eigenvalue weighted by molar-refractivity contribution is 5.86. The summed E-state index contributed by atoms with van der Waals surface area (Å²) in [5.74, 6) is 0.547. The molecule has 0 N–H and O–H groups in total. The van der Waals surface area contributed by atoms with E-state index in [1.807, 2.05) is 32.0 Å². The second-order valence-electron chi connectivity index (χ2n) is 4.82. The molecule has 0 radical (unpaired) electrons. The van der Waals surface area contributed by atoms with Gasteiger partial charge in [0.2, 0.25) is 0 Å². The third kappa shape index (κ3) is 2.33. The third-order valence-corrected chi connectivity index (χ3v) is 3.26. The lowest BCUT2D eigenvalue weighted by atomic mass is 9.91. The van der Waals surface area contributed by atoms with Crippen LogP contribution in [0.25, 0.3) is 0 Å². The topological polar surface area (TPSA) is 20.3 Å². The number of nitrogens with zero attached hydrogens (tertiary/aromatic N) is 1. The molecule has 0 aromatic heterocycles. The maximum absolute atomic E-state index is 11.9. The molecule has 1 unspecified atom stereocenters. The molecule has 1 fully saturated rings. The first-order valence-corrected chi connectivity index (χ1v) is 6.00. The Kier molecular flexibility index (Phi) is 3.39. The molecule has 1 saturated heterocycles. The molecule has 0 spiro atoms. The molecular weight excluding hydrogens is 198 g/mol. The van der Waals surface area contributed by atoms with Crippen LogP contribution in [0.1, 0.15) is 25.8 Å². The average molecular weight is 217 g/mol. The molecule has 0 aliphatic carbocycles. The van der Waals surface area contributed by atoms with Crippen molar-refractivity contribution in [2.24, 2.45) is 5.92 Å².